The number of hydrogen-bond donors (Lipinski definition) is 3. The maximum Gasteiger partial charge on any atom is 0.225 e. The van der Waals surface area contributed by atoms with Crippen LogP contribution in [-0.4, -0.2) is 31.6 Å². The number of hydrogen-bond acceptors (Lipinski definition) is 5. The number of aliphatic hydroxyl groups is 1. The third-order valence-electron chi connectivity index (χ3n) is 9.48. The molecule has 3 N–H and O–H groups in total. The van der Waals surface area contributed by atoms with E-state index in [1.165, 1.54) is 179 Å². The average Bonchev–Trinajstić information content (AvgIpc) is 3.59. The number of fused-ring (bicyclic) bond motifs is 1. The molecule has 272 valence electrons. The van der Waals surface area contributed by atoms with Crippen LogP contribution in [0.5, 0.6) is 0 Å². The molecule has 6 heteroatoms. The summed E-state index contributed by atoms with van der Waals surface area (Å²) in [5.74, 6) is 0.591. The quantitative estimate of drug-likeness (QED) is 0.0596. The molecule has 48 heavy (non-hydrogen) atoms. The van der Waals surface area contributed by atoms with Crippen molar-refractivity contribution in [3.05, 3.63) is 48.4 Å². The van der Waals surface area contributed by atoms with Crippen LogP contribution in [-0.2, 0) is 6.54 Å². The second-order valence-corrected chi connectivity index (χ2v) is 13.9. The van der Waals surface area contributed by atoms with Crippen molar-refractivity contribution in [3.63, 3.8) is 0 Å². The number of rotatable bonds is 31. The normalized spacial score (nSPS) is 11.1. The zero-order chi connectivity index (χ0) is 34.0. The fourth-order valence-corrected chi connectivity index (χ4v) is 6.38. The minimum absolute atomic E-state index is 0.374. The SMILES string of the molecule is CCCCCCCCCCCCCCCCCCCCCCCCCCCCCCO.c1ccc(CNc2ncc3[nH]cnc3n2)cc1. The fraction of sp³-hybridized carbons (Fsp3) is 0.738. The van der Waals surface area contributed by atoms with Crippen molar-refractivity contribution in [3.8, 4) is 0 Å². The molecule has 0 amide bonds. The number of benzene rings is 1. The Morgan fingerprint density at radius 3 is 1.38 bits per heavy atom. The van der Waals surface area contributed by atoms with Crippen LogP contribution in [0, 0.1) is 0 Å². The van der Waals surface area contributed by atoms with E-state index in [4.69, 9.17) is 5.11 Å². The van der Waals surface area contributed by atoms with E-state index in [1.807, 2.05) is 18.2 Å². The molecule has 0 spiro atoms. The van der Waals surface area contributed by atoms with E-state index in [2.05, 4.69) is 44.3 Å². The van der Waals surface area contributed by atoms with Gasteiger partial charge < -0.3 is 15.4 Å². The first-order valence-corrected chi connectivity index (χ1v) is 20.4. The number of aliphatic hydroxyl groups excluding tert-OH is 1. The summed E-state index contributed by atoms with van der Waals surface area (Å²) in [6, 6.07) is 10.1. The van der Waals surface area contributed by atoms with Crippen molar-refractivity contribution in [1.29, 1.82) is 0 Å². The van der Waals surface area contributed by atoms with Gasteiger partial charge >= 0.3 is 0 Å². The summed E-state index contributed by atoms with van der Waals surface area (Å²) in [4.78, 5) is 15.5. The van der Waals surface area contributed by atoms with Crippen molar-refractivity contribution in [2.45, 2.75) is 193 Å². The average molecular weight is 664 g/mol. The van der Waals surface area contributed by atoms with Crippen LogP contribution in [0.2, 0.25) is 0 Å². The predicted octanol–water partition coefficient (Wildman–Crippen LogP) is 12.9. The molecule has 0 fully saturated rings. The summed E-state index contributed by atoms with van der Waals surface area (Å²) in [7, 11) is 0. The first kappa shape index (κ1) is 41.7. The summed E-state index contributed by atoms with van der Waals surface area (Å²) in [5, 5.41) is 11.9. The summed E-state index contributed by atoms with van der Waals surface area (Å²) < 4.78 is 0. The van der Waals surface area contributed by atoms with Gasteiger partial charge in [-0.3, -0.25) is 0 Å². The van der Waals surface area contributed by atoms with Crippen LogP contribution in [0.4, 0.5) is 5.95 Å². The highest BCUT2D eigenvalue weighted by atomic mass is 16.2. The molecule has 0 aliphatic carbocycles. The van der Waals surface area contributed by atoms with Gasteiger partial charge in [-0.05, 0) is 12.0 Å². The van der Waals surface area contributed by atoms with Crippen molar-refractivity contribution in [2.24, 2.45) is 0 Å². The highest BCUT2D eigenvalue weighted by Gasteiger charge is 2.01. The third-order valence-corrected chi connectivity index (χ3v) is 9.48. The van der Waals surface area contributed by atoms with E-state index in [0.29, 0.717) is 24.7 Å². The largest absolute Gasteiger partial charge is 0.396 e. The Labute approximate surface area is 295 Å². The first-order chi connectivity index (χ1) is 23.8. The van der Waals surface area contributed by atoms with Gasteiger partial charge in [-0.2, -0.15) is 4.98 Å². The highest BCUT2D eigenvalue weighted by Crippen LogP contribution is 2.16. The number of imidazole rings is 1. The van der Waals surface area contributed by atoms with Gasteiger partial charge in [0.05, 0.1) is 12.5 Å². The molecule has 3 rings (SSSR count). The Kier molecular flexibility index (Phi) is 27.6. The summed E-state index contributed by atoms with van der Waals surface area (Å²) >= 11 is 0. The number of aromatic amines is 1. The smallest absolute Gasteiger partial charge is 0.225 e. The van der Waals surface area contributed by atoms with Gasteiger partial charge in [-0.25, -0.2) is 9.97 Å². The zero-order valence-electron chi connectivity index (χ0n) is 31.0. The highest BCUT2D eigenvalue weighted by molar-refractivity contribution is 5.69. The van der Waals surface area contributed by atoms with Gasteiger partial charge in [-0.1, -0.05) is 211 Å². The van der Waals surface area contributed by atoms with Gasteiger partial charge in [0.2, 0.25) is 5.95 Å². The molecule has 0 aliphatic rings. The monoisotopic (exact) mass is 664 g/mol. The summed E-state index contributed by atoms with van der Waals surface area (Å²) in [6.07, 6.45) is 43.4. The molecular weight excluding hydrogens is 590 g/mol. The molecule has 6 nitrogen and oxygen atoms in total. The molecule has 0 radical (unpaired) electrons. The lowest BCUT2D eigenvalue weighted by Gasteiger charge is -2.04. The number of nitrogens with one attached hydrogen (secondary N) is 2. The maximum absolute atomic E-state index is 8.76. The Bertz CT molecular complexity index is 1040. The molecule has 0 bridgehead atoms. The van der Waals surface area contributed by atoms with E-state index in [0.717, 1.165) is 11.9 Å². The number of nitrogens with zero attached hydrogens (tertiary/aromatic N) is 3. The lowest BCUT2D eigenvalue weighted by Crippen LogP contribution is -2.03. The van der Waals surface area contributed by atoms with Crippen molar-refractivity contribution >= 4 is 17.1 Å². The van der Waals surface area contributed by atoms with E-state index >= 15 is 0 Å². The van der Waals surface area contributed by atoms with Gasteiger partial charge in [0.1, 0.15) is 5.52 Å². The molecule has 3 aromatic rings. The second kappa shape index (κ2) is 31.8. The third kappa shape index (κ3) is 23.8. The Balaban J connectivity index is 0.000000388. The van der Waals surface area contributed by atoms with E-state index in [9.17, 15) is 0 Å². The van der Waals surface area contributed by atoms with Crippen LogP contribution in [0.3, 0.4) is 0 Å². The van der Waals surface area contributed by atoms with Gasteiger partial charge in [-0.15, -0.1) is 0 Å². The minimum Gasteiger partial charge on any atom is -0.396 e. The van der Waals surface area contributed by atoms with Gasteiger partial charge in [0, 0.05) is 13.2 Å². The number of anilines is 1. The molecule has 0 saturated carbocycles. The fourth-order valence-electron chi connectivity index (χ4n) is 6.38. The summed E-state index contributed by atoms with van der Waals surface area (Å²) in [6.45, 7) is 3.38. The van der Waals surface area contributed by atoms with Gasteiger partial charge in [0.15, 0.2) is 5.65 Å². The van der Waals surface area contributed by atoms with Crippen molar-refractivity contribution < 1.29 is 5.11 Å². The molecule has 2 heterocycles. The van der Waals surface area contributed by atoms with Gasteiger partial charge in [0.25, 0.3) is 0 Å². The maximum atomic E-state index is 8.76. The van der Waals surface area contributed by atoms with Crippen molar-refractivity contribution in [2.75, 3.05) is 11.9 Å². The molecule has 0 saturated heterocycles. The predicted molar refractivity (Wildman–Crippen MR) is 207 cm³/mol. The zero-order valence-corrected chi connectivity index (χ0v) is 31.0. The topological polar surface area (TPSA) is 86.7 Å². The van der Waals surface area contributed by atoms with E-state index < -0.39 is 0 Å². The number of unbranched alkanes of at least 4 members (excludes halogenated alkanes) is 27. The Morgan fingerprint density at radius 1 is 0.542 bits per heavy atom. The Morgan fingerprint density at radius 2 is 0.958 bits per heavy atom. The lowest BCUT2D eigenvalue weighted by atomic mass is 10.0. The molecule has 1 aromatic carbocycles. The van der Waals surface area contributed by atoms with Crippen LogP contribution in [0.15, 0.2) is 42.9 Å². The molecule has 0 unspecified atom stereocenters. The number of H-pyrrole nitrogens is 1. The molecule has 2 aromatic heterocycles. The van der Waals surface area contributed by atoms with Crippen LogP contribution in [0.25, 0.3) is 11.2 Å². The van der Waals surface area contributed by atoms with Crippen LogP contribution >= 0.6 is 0 Å². The second-order valence-electron chi connectivity index (χ2n) is 13.9. The first-order valence-electron chi connectivity index (χ1n) is 20.4. The van der Waals surface area contributed by atoms with Crippen LogP contribution in [0.1, 0.15) is 192 Å². The standard InChI is InChI=1S/C30H62O.C12H11N5/c1-2-3-4-5-6-7-8-9-10-11-12-13-14-15-16-17-18-19-20-21-22-23-24-25-26-27-28-29-30-31;1-2-4-9(5-3-1)6-13-12-14-7-10-11(17-12)16-8-15-10/h31H,2-30H2,1H3;1-5,7-8H,6H2,(H2,13,14,15,16,17). The Hall–Kier alpha value is -2.47. The molecular formula is C42H73N5O. The van der Waals surface area contributed by atoms with Crippen molar-refractivity contribution in [1.82, 2.24) is 19.9 Å². The molecule has 0 aliphatic heterocycles. The molecule has 0 atom stereocenters. The van der Waals surface area contributed by atoms with E-state index in [-0.39, 0.29) is 0 Å². The van der Waals surface area contributed by atoms with Crippen LogP contribution < -0.4 is 5.32 Å². The number of aromatic nitrogens is 4. The van der Waals surface area contributed by atoms with E-state index in [1.54, 1.807) is 12.5 Å². The lowest BCUT2D eigenvalue weighted by molar-refractivity contribution is 0.282. The summed E-state index contributed by atoms with van der Waals surface area (Å²) in [5.41, 5.74) is 2.71. The minimum atomic E-state index is 0.374.